The maximum absolute atomic E-state index is 12.7. The van der Waals surface area contributed by atoms with Gasteiger partial charge in [-0.25, -0.2) is 4.98 Å². The van der Waals surface area contributed by atoms with Crippen molar-refractivity contribution < 1.29 is 19.1 Å². The lowest BCUT2D eigenvalue weighted by Crippen LogP contribution is -2.32. The molecular formula is C27H31N3O5. The van der Waals surface area contributed by atoms with Crippen molar-refractivity contribution in [1.82, 2.24) is 14.9 Å². The normalized spacial score (nSPS) is 11.5. The standard InChI is InChI=1S/C27H31N3O5/c1-4-24-29-23(20-9-7-6-8-10-20)17-25(31)30(24)16-15-28-26(32)21-11-13-22(14-12-21)35-18-19(3)27(33)34-5-2/h6-14,17,19H,4-5,15-16,18H2,1-3H3,(H,28,32). The lowest BCUT2D eigenvalue weighted by Gasteiger charge is -2.14. The molecule has 1 heterocycles. The molecule has 0 aliphatic heterocycles. The Bertz CT molecular complexity index is 1190. The summed E-state index contributed by atoms with van der Waals surface area (Å²) < 4.78 is 12.2. The van der Waals surface area contributed by atoms with Gasteiger partial charge in [0.2, 0.25) is 0 Å². The number of aromatic nitrogens is 2. The van der Waals surface area contributed by atoms with Gasteiger partial charge < -0.3 is 14.8 Å². The molecule has 8 nitrogen and oxygen atoms in total. The van der Waals surface area contributed by atoms with Crippen molar-refractivity contribution in [2.45, 2.75) is 33.7 Å². The molecule has 1 amide bonds. The smallest absolute Gasteiger partial charge is 0.312 e. The van der Waals surface area contributed by atoms with Gasteiger partial charge in [-0.1, -0.05) is 37.3 Å². The van der Waals surface area contributed by atoms with E-state index in [0.717, 1.165) is 5.56 Å². The highest BCUT2D eigenvalue weighted by Gasteiger charge is 2.15. The number of benzene rings is 2. The Morgan fingerprint density at radius 3 is 2.43 bits per heavy atom. The van der Waals surface area contributed by atoms with E-state index < -0.39 is 0 Å². The predicted molar refractivity (Wildman–Crippen MR) is 133 cm³/mol. The van der Waals surface area contributed by atoms with Gasteiger partial charge in [-0.2, -0.15) is 0 Å². The predicted octanol–water partition coefficient (Wildman–Crippen LogP) is 3.48. The maximum Gasteiger partial charge on any atom is 0.312 e. The molecule has 0 aliphatic rings. The molecule has 8 heteroatoms. The number of nitrogens with one attached hydrogen (secondary N) is 1. The zero-order valence-corrected chi connectivity index (χ0v) is 20.3. The van der Waals surface area contributed by atoms with Crippen molar-refractivity contribution in [1.29, 1.82) is 0 Å². The van der Waals surface area contributed by atoms with Gasteiger partial charge in [0, 0.05) is 36.7 Å². The highest BCUT2D eigenvalue weighted by atomic mass is 16.5. The van der Waals surface area contributed by atoms with E-state index >= 15 is 0 Å². The fourth-order valence-corrected chi connectivity index (χ4v) is 3.48. The maximum atomic E-state index is 12.7. The number of hydrogen-bond donors (Lipinski definition) is 1. The zero-order valence-electron chi connectivity index (χ0n) is 20.3. The van der Waals surface area contributed by atoms with Crippen molar-refractivity contribution in [2.75, 3.05) is 19.8 Å². The summed E-state index contributed by atoms with van der Waals surface area (Å²) in [6.45, 7) is 6.57. The minimum atomic E-state index is -0.384. The first-order valence-electron chi connectivity index (χ1n) is 11.8. The van der Waals surface area contributed by atoms with E-state index in [0.29, 0.717) is 42.4 Å². The Kier molecular flexibility index (Phi) is 9.17. The van der Waals surface area contributed by atoms with E-state index in [4.69, 9.17) is 9.47 Å². The van der Waals surface area contributed by atoms with Gasteiger partial charge in [0.05, 0.1) is 18.2 Å². The first kappa shape index (κ1) is 25.7. The number of esters is 1. The number of ether oxygens (including phenoxy) is 2. The monoisotopic (exact) mass is 477 g/mol. The first-order valence-corrected chi connectivity index (χ1v) is 11.8. The molecule has 0 saturated heterocycles. The first-order chi connectivity index (χ1) is 16.9. The average Bonchev–Trinajstić information content (AvgIpc) is 2.88. The Hall–Kier alpha value is -3.94. The summed E-state index contributed by atoms with van der Waals surface area (Å²) in [7, 11) is 0. The summed E-state index contributed by atoms with van der Waals surface area (Å²) in [5.41, 5.74) is 1.86. The zero-order chi connectivity index (χ0) is 25.2. The average molecular weight is 478 g/mol. The molecule has 1 N–H and O–H groups in total. The molecular weight excluding hydrogens is 446 g/mol. The summed E-state index contributed by atoms with van der Waals surface area (Å²) in [4.78, 5) is 41.6. The van der Waals surface area contributed by atoms with E-state index in [1.54, 1.807) is 42.7 Å². The molecule has 2 aromatic carbocycles. The van der Waals surface area contributed by atoms with Gasteiger partial charge in [-0.05, 0) is 38.1 Å². The second kappa shape index (κ2) is 12.5. The second-order valence-electron chi connectivity index (χ2n) is 8.01. The molecule has 0 fully saturated rings. The summed E-state index contributed by atoms with van der Waals surface area (Å²) in [6.07, 6.45) is 0.597. The van der Waals surface area contributed by atoms with E-state index in [9.17, 15) is 14.4 Å². The van der Waals surface area contributed by atoms with E-state index in [1.807, 2.05) is 37.3 Å². The van der Waals surface area contributed by atoms with Crippen molar-refractivity contribution in [3.63, 3.8) is 0 Å². The molecule has 0 aliphatic carbocycles. The molecule has 0 radical (unpaired) electrons. The SMILES string of the molecule is CCOC(=O)C(C)COc1ccc(C(=O)NCCn2c(CC)nc(-c3ccccc3)cc2=O)cc1. The number of amides is 1. The molecule has 0 bridgehead atoms. The fourth-order valence-electron chi connectivity index (χ4n) is 3.48. The number of nitrogens with zero attached hydrogens (tertiary/aromatic N) is 2. The van der Waals surface area contributed by atoms with Gasteiger partial charge in [0.1, 0.15) is 18.2 Å². The number of hydrogen-bond acceptors (Lipinski definition) is 6. The third kappa shape index (κ3) is 7.02. The summed E-state index contributed by atoms with van der Waals surface area (Å²) in [6, 6.07) is 17.8. The molecule has 1 atom stereocenters. The van der Waals surface area contributed by atoms with Crippen LogP contribution in [0.4, 0.5) is 0 Å². The van der Waals surface area contributed by atoms with Crippen LogP contribution >= 0.6 is 0 Å². The molecule has 1 aromatic heterocycles. The van der Waals surface area contributed by atoms with Crippen LogP contribution in [0.15, 0.2) is 65.5 Å². The van der Waals surface area contributed by atoms with Crippen LogP contribution in [0.2, 0.25) is 0 Å². The van der Waals surface area contributed by atoms with Crippen LogP contribution in [-0.4, -0.2) is 41.2 Å². The van der Waals surface area contributed by atoms with Crippen LogP contribution in [0.25, 0.3) is 11.3 Å². The van der Waals surface area contributed by atoms with Crippen molar-refractivity contribution in [2.24, 2.45) is 5.92 Å². The molecule has 1 unspecified atom stereocenters. The summed E-state index contributed by atoms with van der Waals surface area (Å²) in [5, 5.41) is 2.84. The van der Waals surface area contributed by atoms with Crippen LogP contribution in [0, 0.1) is 5.92 Å². The van der Waals surface area contributed by atoms with Crippen LogP contribution in [0.1, 0.15) is 37.0 Å². The molecule has 3 rings (SSSR count). The molecule has 184 valence electrons. The number of carbonyl (C=O) groups is 2. The number of rotatable bonds is 11. The fraction of sp³-hybridized carbons (Fsp3) is 0.333. The van der Waals surface area contributed by atoms with E-state index in [1.165, 1.54) is 6.07 Å². The lowest BCUT2D eigenvalue weighted by molar-refractivity contribution is -0.148. The highest BCUT2D eigenvalue weighted by molar-refractivity contribution is 5.94. The third-order valence-corrected chi connectivity index (χ3v) is 5.40. The summed E-state index contributed by atoms with van der Waals surface area (Å²) in [5.74, 6) is 0.284. The molecule has 3 aromatic rings. The van der Waals surface area contributed by atoms with Crippen LogP contribution < -0.4 is 15.6 Å². The van der Waals surface area contributed by atoms with Crippen LogP contribution in [0.5, 0.6) is 5.75 Å². The van der Waals surface area contributed by atoms with Crippen molar-refractivity contribution >= 4 is 11.9 Å². The number of carbonyl (C=O) groups excluding carboxylic acids is 2. The van der Waals surface area contributed by atoms with Gasteiger partial charge >= 0.3 is 5.97 Å². The minimum absolute atomic E-state index is 0.150. The van der Waals surface area contributed by atoms with Gasteiger partial charge in [-0.3, -0.25) is 19.0 Å². The Labute approximate surface area is 204 Å². The van der Waals surface area contributed by atoms with E-state index in [2.05, 4.69) is 10.3 Å². The van der Waals surface area contributed by atoms with Crippen LogP contribution in [0.3, 0.4) is 0 Å². The Balaban J connectivity index is 1.55. The Morgan fingerprint density at radius 2 is 1.77 bits per heavy atom. The van der Waals surface area contributed by atoms with Gasteiger partial charge in [0.15, 0.2) is 0 Å². The second-order valence-corrected chi connectivity index (χ2v) is 8.01. The quantitative estimate of drug-likeness (QED) is 0.425. The van der Waals surface area contributed by atoms with Gasteiger partial charge in [-0.15, -0.1) is 0 Å². The molecule has 0 spiro atoms. The number of aryl methyl sites for hydroxylation is 1. The highest BCUT2D eigenvalue weighted by Crippen LogP contribution is 2.16. The minimum Gasteiger partial charge on any atom is -0.493 e. The van der Waals surface area contributed by atoms with E-state index in [-0.39, 0.29) is 36.5 Å². The molecule has 35 heavy (non-hydrogen) atoms. The molecule has 0 saturated carbocycles. The van der Waals surface area contributed by atoms with Crippen molar-refractivity contribution in [3.05, 3.63) is 82.4 Å². The topological polar surface area (TPSA) is 99.5 Å². The third-order valence-electron chi connectivity index (χ3n) is 5.40. The lowest BCUT2D eigenvalue weighted by atomic mass is 10.1. The summed E-state index contributed by atoms with van der Waals surface area (Å²) >= 11 is 0. The van der Waals surface area contributed by atoms with Gasteiger partial charge in [0.25, 0.3) is 11.5 Å². The van der Waals surface area contributed by atoms with Crippen molar-refractivity contribution in [3.8, 4) is 17.0 Å². The largest absolute Gasteiger partial charge is 0.493 e. The Morgan fingerprint density at radius 1 is 1.06 bits per heavy atom. The van der Waals surface area contributed by atoms with Crippen LogP contribution in [-0.2, 0) is 22.5 Å².